The van der Waals surface area contributed by atoms with E-state index in [9.17, 15) is 4.79 Å². The Hall–Kier alpha value is -1.55. The maximum absolute atomic E-state index is 11.6. The molecule has 0 heterocycles. The predicted molar refractivity (Wildman–Crippen MR) is 114 cm³/mol. The molecule has 0 fully saturated rings. The smallest absolute Gasteiger partial charge is 0.319 e. The SMILES string of the molecule is CN=C(NCCCOC)NCc1ccc(NC(=O)NC(C)C)cc1.I. The van der Waals surface area contributed by atoms with Gasteiger partial charge in [0.2, 0.25) is 0 Å². The summed E-state index contributed by atoms with van der Waals surface area (Å²) in [6, 6.07) is 7.61. The van der Waals surface area contributed by atoms with E-state index in [0.717, 1.165) is 36.8 Å². The number of urea groups is 1. The molecule has 2 amide bonds. The van der Waals surface area contributed by atoms with E-state index in [4.69, 9.17) is 4.74 Å². The van der Waals surface area contributed by atoms with Crippen LogP contribution in [0.25, 0.3) is 0 Å². The summed E-state index contributed by atoms with van der Waals surface area (Å²) in [5.41, 5.74) is 1.86. The van der Waals surface area contributed by atoms with Gasteiger partial charge in [0.25, 0.3) is 0 Å². The second-order valence-corrected chi connectivity index (χ2v) is 5.65. The molecule has 0 spiro atoms. The summed E-state index contributed by atoms with van der Waals surface area (Å²) in [6.07, 6.45) is 0.927. The van der Waals surface area contributed by atoms with Crippen LogP contribution in [0, 0.1) is 0 Å². The van der Waals surface area contributed by atoms with Crippen molar-refractivity contribution in [2.24, 2.45) is 4.99 Å². The number of nitrogens with one attached hydrogen (secondary N) is 4. The van der Waals surface area contributed by atoms with Gasteiger partial charge < -0.3 is 26.0 Å². The van der Waals surface area contributed by atoms with Crippen molar-refractivity contribution in [2.45, 2.75) is 32.9 Å². The van der Waals surface area contributed by atoms with Crippen molar-refractivity contribution < 1.29 is 9.53 Å². The Kier molecular flexibility index (Phi) is 12.9. The molecule has 25 heavy (non-hydrogen) atoms. The van der Waals surface area contributed by atoms with Gasteiger partial charge >= 0.3 is 6.03 Å². The molecule has 1 rings (SSSR count). The molecule has 0 atom stereocenters. The molecule has 0 bridgehead atoms. The Balaban J connectivity index is 0.00000576. The van der Waals surface area contributed by atoms with Gasteiger partial charge in [-0.1, -0.05) is 12.1 Å². The molecule has 0 unspecified atom stereocenters. The number of hydrogen-bond acceptors (Lipinski definition) is 3. The standard InChI is InChI=1S/C17H29N5O2.HI/c1-13(2)21-17(23)22-15-8-6-14(7-9-15)12-20-16(18-3)19-10-5-11-24-4;/h6-9,13H,5,10-12H2,1-4H3,(H2,18,19,20)(H2,21,22,23);1H. The van der Waals surface area contributed by atoms with Crippen molar-refractivity contribution in [3.8, 4) is 0 Å². The fourth-order valence-corrected chi connectivity index (χ4v) is 1.96. The van der Waals surface area contributed by atoms with Crippen molar-refractivity contribution in [1.29, 1.82) is 0 Å². The van der Waals surface area contributed by atoms with Crippen molar-refractivity contribution in [1.82, 2.24) is 16.0 Å². The van der Waals surface area contributed by atoms with Crippen LogP contribution in [0.5, 0.6) is 0 Å². The van der Waals surface area contributed by atoms with Crippen LogP contribution < -0.4 is 21.3 Å². The number of methoxy groups -OCH3 is 1. The van der Waals surface area contributed by atoms with Crippen LogP contribution in [-0.2, 0) is 11.3 Å². The third kappa shape index (κ3) is 10.8. The van der Waals surface area contributed by atoms with E-state index in [1.807, 2.05) is 38.1 Å². The topological polar surface area (TPSA) is 86.8 Å². The summed E-state index contributed by atoms with van der Waals surface area (Å²) in [4.78, 5) is 15.8. The van der Waals surface area contributed by atoms with E-state index < -0.39 is 0 Å². The number of amides is 2. The number of carbonyl (C=O) groups is 1. The Morgan fingerprint density at radius 2 is 1.88 bits per heavy atom. The lowest BCUT2D eigenvalue weighted by Gasteiger charge is -2.13. The molecular weight excluding hydrogens is 433 g/mol. The zero-order chi connectivity index (χ0) is 17.8. The van der Waals surface area contributed by atoms with Crippen LogP contribution in [0.4, 0.5) is 10.5 Å². The first-order valence-electron chi connectivity index (χ1n) is 8.15. The third-order valence-corrected chi connectivity index (χ3v) is 3.13. The van der Waals surface area contributed by atoms with Gasteiger partial charge in [0.15, 0.2) is 5.96 Å². The van der Waals surface area contributed by atoms with Gasteiger partial charge in [-0.05, 0) is 38.0 Å². The number of guanidine groups is 1. The average molecular weight is 463 g/mol. The number of anilines is 1. The second kappa shape index (κ2) is 13.7. The first-order chi connectivity index (χ1) is 11.5. The molecule has 0 aliphatic rings. The average Bonchev–Trinajstić information content (AvgIpc) is 2.55. The number of hydrogen-bond donors (Lipinski definition) is 4. The maximum Gasteiger partial charge on any atom is 0.319 e. The quantitative estimate of drug-likeness (QED) is 0.207. The van der Waals surface area contributed by atoms with Crippen LogP contribution >= 0.6 is 24.0 Å². The van der Waals surface area contributed by atoms with Crippen LogP contribution in [0.3, 0.4) is 0 Å². The zero-order valence-corrected chi connectivity index (χ0v) is 17.7. The van der Waals surface area contributed by atoms with Gasteiger partial charge in [0.1, 0.15) is 0 Å². The molecule has 0 radical (unpaired) electrons. The highest BCUT2D eigenvalue weighted by molar-refractivity contribution is 14.0. The molecule has 0 saturated heterocycles. The third-order valence-electron chi connectivity index (χ3n) is 3.13. The minimum absolute atomic E-state index is 0. The van der Waals surface area contributed by atoms with Crippen LogP contribution in [0.15, 0.2) is 29.3 Å². The van der Waals surface area contributed by atoms with Gasteiger partial charge in [0.05, 0.1) is 0 Å². The molecule has 8 heteroatoms. The number of rotatable bonds is 8. The number of benzene rings is 1. The summed E-state index contributed by atoms with van der Waals surface area (Å²) >= 11 is 0. The zero-order valence-electron chi connectivity index (χ0n) is 15.4. The lowest BCUT2D eigenvalue weighted by molar-refractivity contribution is 0.195. The Morgan fingerprint density at radius 3 is 2.44 bits per heavy atom. The Bertz CT molecular complexity index is 520. The summed E-state index contributed by atoms with van der Waals surface area (Å²) < 4.78 is 5.01. The van der Waals surface area contributed by atoms with Crippen molar-refractivity contribution in [3.05, 3.63) is 29.8 Å². The first kappa shape index (κ1) is 23.4. The van der Waals surface area contributed by atoms with E-state index in [1.54, 1.807) is 14.2 Å². The van der Waals surface area contributed by atoms with Crippen molar-refractivity contribution >= 4 is 41.7 Å². The van der Waals surface area contributed by atoms with E-state index in [-0.39, 0.29) is 36.0 Å². The highest BCUT2D eigenvalue weighted by Gasteiger charge is 2.03. The molecule has 4 N–H and O–H groups in total. The van der Waals surface area contributed by atoms with Crippen LogP contribution in [-0.4, -0.2) is 45.3 Å². The molecule has 1 aromatic carbocycles. The Morgan fingerprint density at radius 1 is 1.20 bits per heavy atom. The van der Waals surface area contributed by atoms with E-state index in [1.165, 1.54) is 0 Å². The van der Waals surface area contributed by atoms with Gasteiger partial charge in [-0.3, -0.25) is 4.99 Å². The molecular formula is C17H30IN5O2. The van der Waals surface area contributed by atoms with E-state index in [2.05, 4.69) is 26.3 Å². The number of carbonyl (C=O) groups excluding carboxylic acids is 1. The Labute approximate surface area is 167 Å². The molecule has 0 aliphatic heterocycles. The maximum atomic E-state index is 11.6. The molecule has 1 aromatic rings. The number of halogens is 1. The largest absolute Gasteiger partial charge is 0.385 e. The summed E-state index contributed by atoms with van der Waals surface area (Å²) in [5.74, 6) is 0.754. The van der Waals surface area contributed by atoms with Gasteiger partial charge in [0, 0.05) is 45.6 Å². The number of ether oxygens (including phenoxy) is 1. The lowest BCUT2D eigenvalue weighted by atomic mass is 10.2. The summed E-state index contributed by atoms with van der Waals surface area (Å²) in [7, 11) is 3.43. The predicted octanol–water partition coefficient (Wildman–Crippen LogP) is 2.54. The van der Waals surface area contributed by atoms with Gasteiger partial charge in [-0.2, -0.15) is 0 Å². The minimum Gasteiger partial charge on any atom is -0.385 e. The van der Waals surface area contributed by atoms with E-state index >= 15 is 0 Å². The fraction of sp³-hybridized carbons (Fsp3) is 0.529. The van der Waals surface area contributed by atoms with Gasteiger partial charge in [-0.25, -0.2) is 4.79 Å². The summed E-state index contributed by atoms with van der Waals surface area (Å²) in [6.45, 7) is 6.03. The summed E-state index contributed by atoms with van der Waals surface area (Å²) in [5, 5.41) is 12.1. The molecule has 0 saturated carbocycles. The monoisotopic (exact) mass is 463 g/mol. The van der Waals surface area contributed by atoms with Gasteiger partial charge in [-0.15, -0.1) is 24.0 Å². The van der Waals surface area contributed by atoms with E-state index in [0.29, 0.717) is 6.54 Å². The normalized spacial score (nSPS) is 10.8. The minimum atomic E-state index is -0.198. The number of nitrogens with zero attached hydrogens (tertiary/aromatic N) is 1. The second-order valence-electron chi connectivity index (χ2n) is 5.65. The van der Waals surface area contributed by atoms with Crippen LogP contribution in [0.1, 0.15) is 25.8 Å². The first-order valence-corrected chi connectivity index (χ1v) is 8.15. The molecule has 142 valence electrons. The van der Waals surface area contributed by atoms with Crippen LogP contribution in [0.2, 0.25) is 0 Å². The molecule has 0 aromatic heterocycles. The van der Waals surface area contributed by atoms with Crippen molar-refractivity contribution in [3.63, 3.8) is 0 Å². The van der Waals surface area contributed by atoms with Crippen molar-refractivity contribution in [2.75, 3.05) is 32.6 Å². The highest BCUT2D eigenvalue weighted by Crippen LogP contribution is 2.09. The lowest BCUT2D eigenvalue weighted by Crippen LogP contribution is -2.37. The molecule has 7 nitrogen and oxygen atoms in total. The molecule has 0 aliphatic carbocycles. The highest BCUT2D eigenvalue weighted by atomic mass is 127. The fourth-order valence-electron chi connectivity index (χ4n) is 1.96. The number of aliphatic imine (C=N–C) groups is 1.